The summed E-state index contributed by atoms with van der Waals surface area (Å²) in [6, 6.07) is 12.5. The number of hydrogen-bond acceptors (Lipinski definition) is 2. The van der Waals surface area contributed by atoms with E-state index in [1.807, 2.05) is 25.1 Å². The summed E-state index contributed by atoms with van der Waals surface area (Å²) in [6.07, 6.45) is 2.05. The van der Waals surface area contributed by atoms with Crippen LogP contribution in [0.5, 0.6) is 5.75 Å². The standard InChI is InChI=1S/C17H17BrClNO/c1-11-4-7-16(14(19)9-11)20-15-3-2-8-21-17-10-12(18)5-6-13(15)17/h4-7,9-10,15,20H,2-3,8H2,1H3. The quantitative estimate of drug-likeness (QED) is 0.732. The number of anilines is 1. The predicted molar refractivity (Wildman–Crippen MR) is 91.4 cm³/mol. The molecule has 0 bridgehead atoms. The van der Waals surface area contributed by atoms with Crippen molar-refractivity contribution in [2.45, 2.75) is 25.8 Å². The van der Waals surface area contributed by atoms with Crippen LogP contribution in [0.2, 0.25) is 5.02 Å². The first-order valence-corrected chi connectivity index (χ1v) is 8.25. The Balaban J connectivity index is 1.92. The molecule has 0 saturated carbocycles. The normalized spacial score (nSPS) is 17.6. The Bertz CT molecular complexity index is 659. The lowest BCUT2D eigenvalue weighted by Gasteiger charge is -2.20. The van der Waals surface area contributed by atoms with Crippen molar-refractivity contribution in [3.8, 4) is 5.75 Å². The Morgan fingerprint density at radius 1 is 1.24 bits per heavy atom. The third-order valence-electron chi connectivity index (χ3n) is 3.70. The highest BCUT2D eigenvalue weighted by Gasteiger charge is 2.20. The number of nitrogens with one attached hydrogen (secondary N) is 1. The predicted octanol–water partition coefficient (Wildman–Crippen LogP) is 5.74. The molecule has 2 nitrogen and oxygen atoms in total. The van der Waals surface area contributed by atoms with Crippen LogP contribution in [0.3, 0.4) is 0 Å². The number of rotatable bonds is 2. The van der Waals surface area contributed by atoms with Crippen LogP contribution in [0.4, 0.5) is 5.69 Å². The molecule has 1 atom stereocenters. The zero-order chi connectivity index (χ0) is 14.8. The van der Waals surface area contributed by atoms with Crippen molar-refractivity contribution in [1.29, 1.82) is 0 Å². The topological polar surface area (TPSA) is 21.3 Å². The maximum Gasteiger partial charge on any atom is 0.125 e. The van der Waals surface area contributed by atoms with Gasteiger partial charge in [0.1, 0.15) is 5.75 Å². The highest BCUT2D eigenvalue weighted by molar-refractivity contribution is 9.10. The highest BCUT2D eigenvalue weighted by atomic mass is 79.9. The summed E-state index contributed by atoms with van der Waals surface area (Å²) in [5, 5.41) is 4.33. The molecule has 110 valence electrons. The zero-order valence-electron chi connectivity index (χ0n) is 11.8. The minimum absolute atomic E-state index is 0.218. The summed E-state index contributed by atoms with van der Waals surface area (Å²) >= 11 is 9.84. The van der Waals surface area contributed by atoms with Crippen LogP contribution in [-0.4, -0.2) is 6.61 Å². The van der Waals surface area contributed by atoms with Gasteiger partial charge in [0, 0.05) is 10.0 Å². The second kappa shape index (κ2) is 6.29. The number of ether oxygens (including phenoxy) is 1. The second-order valence-corrected chi connectivity index (χ2v) is 6.68. The summed E-state index contributed by atoms with van der Waals surface area (Å²) in [4.78, 5) is 0. The Morgan fingerprint density at radius 3 is 2.90 bits per heavy atom. The number of benzene rings is 2. The van der Waals surface area contributed by atoms with Crippen molar-refractivity contribution in [1.82, 2.24) is 0 Å². The Labute approximate surface area is 138 Å². The molecule has 2 aromatic rings. The van der Waals surface area contributed by atoms with Crippen molar-refractivity contribution in [2.24, 2.45) is 0 Å². The first kappa shape index (κ1) is 14.7. The van der Waals surface area contributed by atoms with E-state index in [0.29, 0.717) is 0 Å². The first-order chi connectivity index (χ1) is 10.1. The first-order valence-electron chi connectivity index (χ1n) is 7.08. The summed E-state index contributed by atoms with van der Waals surface area (Å²) in [7, 11) is 0. The van der Waals surface area contributed by atoms with E-state index in [-0.39, 0.29) is 6.04 Å². The lowest BCUT2D eigenvalue weighted by Crippen LogP contribution is -2.10. The lowest BCUT2D eigenvalue weighted by atomic mass is 10.0. The van der Waals surface area contributed by atoms with Crippen LogP contribution >= 0.6 is 27.5 Å². The van der Waals surface area contributed by atoms with Crippen LogP contribution in [0.1, 0.15) is 30.0 Å². The molecule has 0 spiro atoms. The molecule has 1 heterocycles. The Morgan fingerprint density at radius 2 is 2.10 bits per heavy atom. The van der Waals surface area contributed by atoms with Gasteiger partial charge in [-0.3, -0.25) is 0 Å². The summed E-state index contributed by atoms with van der Waals surface area (Å²) in [6.45, 7) is 2.80. The molecule has 2 aromatic carbocycles. The molecule has 4 heteroatoms. The molecular formula is C17H17BrClNO. The van der Waals surface area contributed by atoms with Crippen molar-refractivity contribution < 1.29 is 4.74 Å². The monoisotopic (exact) mass is 365 g/mol. The van der Waals surface area contributed by atoms with Crippen molar-refractivity contribution >= 4 is 33.2 Å². The summed E-state index contributed by atoms with van der Waals surface area (Å²) < 4.78 is 6.88. The van der Waals surface area contributed by atoms with Crippen LogP contribution in [-0.2, 0) is 0 Å². The summed E-state index contributed by atoms with van der Waals surface area (Å²) in [5.74, 6) is 0.947. The van der Waals surface area contributed by atoms with Crippen LogP contribution in [0, 0.1) is 6.92 Å². The zero-order valence-corrected chi connectivity index (χ0v) is 14.2. The van der Waals surface area contributed by atoms with E-state index in [2.05, 4.69) is 39.4 Å². The average molecular weight is 367 g/mol. The molecule has 3 rings (SSSR count). The van der Waals surface area contributed by atoms with Gasteiger partial charge in [0.05, 0.1) is 23.4 Å². The molecule has 1 aliphatic rings. The van der Waals surface area contributed by atoms with Gasteiger partial charge >= 0.3 is 0 Å². The maximum atomic E-state index is 6.34. The molecular weight excluding hydrogens is 350 g/mol. The molecule has 0 saturated heterocycles. The Hall–Kier alpha value is -1.19. The van der Waals surface area contributed by atoms with E-state index in [0.717, 1.165) is 40.4 Å². The molecule has 0 radical (unpaired) electrons. The van der Waals surface area contributed by atoms with E-state index < -0.39 is 0 Å². The largest absolute Gasteiger partial charge is 0.493 e. The van der Waals surface area contributed by atoms with Crippen LogP contribution in [0.25, 0.3) is 0 Å². The van der Waals surface area contributed by atoms with Gasteiger partial charge in [0.15, 0.2) is 0 Å². The van der Waals surface area contributed by atoms with Gasteiger partial charge < -0.3 is 10.1 Å². The molecule has 0 amide bonds. The maximum absolute atomic E-state index is 6.34. The highest BCUT2D eigenvalue weighted by Crippen LogP contribution is 2.37. The minimum Gasteiger partial charge on any atom is -0.493 e. The number of aryl methyl sites for hydroxylation is 1. The van der Waals surface area contributed by atoms with Gasteiger partial charge in [-0.15, -0.1) is 0 Å². The van der Waals surface area contributed by atoms with Crippen LogP contribution in [0.15, 0.2) is 40.9 Å². The lowest BCUT2D eigenvalue weighted by molar-refractivity contribution is 0.316. The number of hydrogen-bond donors (Lipinski definition) is 1. The van der Waals surface area contributed by atoms with Gasteiger partial charge in [0.2, 0.25) is 0 Å². The van der Waals surface area contributed by atoms with Crippen molar-refractivity contribution in [3.05, 3.63) is 57.0 Å². The second-order valence-electron chi connectivity index (χ2n) is 5.35. The fourth-order valence-electron chi connectivity index (χ4n) is 2.62. The third-order valence-corrected chi connectivity index (χ3v) is 4.51. The van der Waals surface area contributed by atoms with E-state index in [1.54, 1.807) is 0 Å². The summed E-state index contributed by atoms with van der Waals surface area (Å²) in [5.41, 5.74) is 3.33. The molecule has 21 heavy (non-hydrogen) atoms. The molecule has 1 N–H and O–H groups in total. The smallest absolute Gasteiger partial charge is 0.125 e. The van der Waals surface area contributed by atoms with Gasteiger partial charge in [-0.25, -0.2) is 0 Å². The molecule has 0 fully saturated rings. The van der Waals surface area contributed by atoms with Gasteiger partial charge in [-0.05, 0) is 49.6 Å². The number of halogens is 2. The van der Waals surface area contributed by atoms with E-state index in [9.17, 15) is 0 Å². The minimum atomic E-state index is 0.218. The fourth-order valence-corrected chi connectivity index (χ4v) is 3.25. The SMILES string of the molecule is Cc1ccc(NC2CCCOc3cc(Br)ccc32)c(Cl)c1. The van der Waals surface area contributed by atoms with E-state index in [1.165, 1.54) is 11.1 Å². The molecule has 0 aliphatic carbocycles. The van der Waals surface area contributed by atoms with Crippen molar-refractivity contribution in [3.63, 3.8) is 0 Å². The van der Waals surface area contributed by atoms with Gasteiger partial charge in [0.25, 0.3) is 0 Å². The molecule has 1 aliphatic heterocycles. The van der Waals surface area contributed by atoms with Gasteiger partial charge in [-0.2, -0.15) is 0 Å². The fraction of sp³-hybridized carbons (Fsp3) is 0.294. The molecule has 1 unspecified atom stereocenters. The van der Waals surface area contributed by atoms with Gasteiger partial charge in [-0.1, -0.05) is 39.7 Å². The average Bonchev–Trinajstić information content (AvgIpc) is 2.64. The Kier molecular flexibility index (Phi) is 4.41. The van der Waals surface area contributed by atoms with E-state index in [4.69, 9.17) is 16.3 Å². The van der Waals surface area contributed by atoms with E-state index >= 15 is 0 Å². The third kappa shape index (κ3) is 3.35. The van der Waals surface area contributed by atoms with Crippen LogP contribution < -0.4 is 10.1 Å². The van der Waals surface area contributed by atoms with Crippen molar-refractivity contribution in [2.75, 3.05) is 11.9 Å². The molecule has 0 aromatic heterocycles. The number of fused-ring (bicyclic) bond motifs is 1.